The summed E-state index contributed by atoms with van der Waals surface area (Å²) < 4.78 is 41.5. The first-order valence-corrected chi connectivity index (χ1v) is 16.4. The molecule has 0 radical (unpaired) electrons. The lowest BCUT2D eigenvalue weighted by Crippen LogP contribution is -2.50. The third kappa shape index (κ3) is 6.89. The first kappa shape index (κ1) is 31.0. The van der Waals surface area contributed by atoms with Crippen molar-refractivity contribution in [1.82, 2.24) is 19.5 Å². The van der Waals surface area contributed by atoms with E-state index in [0.717, 1.165) is 40.6 Å². The van der Waals surface area contributed by atoms with Crippen LogP contribution in [0.4, 0.5) is 10.5 Å². The number of hydrogen-bond donors (Lipinski definition) is 3. The van der Waals surface area contributed by atoms with Crippen LogP contribution in [-0.2, 0) is 21.3 Å². The zero-order chi connectivity index (χ0) is 31.2. The van der Waals surface area contributed by atoms with Crippen LogP contribution in [0.25, 0.3) is 10.9 Å². The molecule has 1 aliphatic carbocycles. The molecular weight excluding hydrogens is 568 g/mol. The van der Waals surface area contributed by atoms with Gasteiger partial charge >= 0.3 is 6.09 Å². The molecule has 1 aliphatic heterocycles. The van der Waals surface area contributed by atoms with Crippen LogP contribution < -0.4 is 24.8 Å². The molecule has 0 spiro atoms. The predicted octanol–water partition coefficient (Wildman–Crippen LogP) is 4.79. The van der Waals surface area contributed by atoms with E-state index in [-0.39, 0.29) is 22.5 Å². The molecule has 3 atom stereocenters. The van der Waals surface area contributed by atoms with Crippen molar-refractivity contribution < 1.29 is 22.7 Å². The number of sulfonamides is 1. The number of fused-ring (bicyclic) bond motifs is 2. The SMILES string of the molecule is Cc1ccc2cc(C[N+]3(C)CCOc4cc(S(=O)(=O)NC5CCCC(NC(=O)OC(C)(C)C)C5)ccc43)c(=O)[nH]c2c1C. The molecule has 1 fully saturated rings. The number of ether oxygens (including phenoxy) is 2. The lowest BCUT2D eigenvalue weighted by molar-refractivity contribution is 0.0490. The molecular formula is C32H43N4O6S+. The lowest BCUT2D eigenvalue weighted by atomic mass is 9.92. The molecule has 5 rings (SSSR count). The van der Waals surface area contributed by atoms with Crippen LogP contribution in [0.3, 0.4) is 0 Å². The van der Waals surface area contributed by atoms with Crippen molar-refractivity contribution in [3.05, 3.63) is 63.4 Å². The van der Waals surface area contributed by atoms with Gasteiger partial charge in [0.05, 0.1) is 23.0 Å². The molecule has 3 unspecified atom stereocenters. The molecule has 3 aromatic rings. The monoisotopic (exact) mass is 611 g/mol. The fourth-order valence-electron chi connectivity index (χ4n) is 6.12. The Hall–Kier alpha value is -3.41. The Bertz CT molecular complexity index is 1710. The van der Waals surface area contributed by atoms with Crippen molar-refractivity contribution in [2.45, 2.75) is 89.4 Å². The minimum Gasteiger partial charge on any atom is -0.481 e. The maximum atomic E-state index is 13.4. The van der Waals surface area contributed by atoms with E-state index in [0.29, 0.717) is 48.3 Å². The van der Waals surface area contributed by atoms with Crippen LogP contribution in [0, 0.1) is 13.8 Å². The quantitative estimate of drug-likeness (QED) is 0.344. The van der Waals surface area contributed by atoms with Crippen molar-refractivity contribution in [3.63, 3.8) is 0 Å². The highest BCUT2D eigenvalue weighted by atomic mass is 32.2. The van der Waals surface area contributed by atoms with E-state index in [2.05, 4.69) is 21.1 Å². The number of likely N-dealkylation sites (N-methyl/N-ethyl adjacent to an activating group) is 1. The van der Waals surface area contributed by atoms with Gasteiger partial charge in [-0.05, 0) is 88.9 Å². The molecule has 10 nitrogen and oxygen atoms in total. The Morgan fingerprint density at radius 1 is 1.12 bits per heavy atom. The highest BCUT2D eigenvalue weighted by Gasteiger charge is 2.36. The number of benzene rings is 2. The van der Waals surface area contributed by atoms with Crippen LogP contribution in [-0.4, -0.2) is 57.4 Å². The van der Waals surface area contributed by atoms with E-state index in [9.17, 15) is 18.0 Å². The summed E-state index contributed by atoms with van der Waals surface area (Å²) in [5.74, 6) is 0.494. The summed E-state index contributed by atoms with van der Waals surface area (Å²) in [4.78, 5) is 28.6. The number of aromatic nitrogens is 1. The molecule has 3 N–H and O–H groups in total. The van der Waals surface area contributed by atoms with Crippen LogP contribution in [0.5, 0.6) is 5.75 Å². The molecule has 0 saturated heterocycles. The van der Waals surface area contributed by atoms with Gasteiger partial charge in [0.15, 0.2) is 11.4 Å². The van der Waals surface area contributed by atoms with Crippen molar-refractivity contribution in [1.29, 1.82) is 0 Å². The minimum atomic E-state index is -3.84. The first-order valence-electron chi connectivity index (χ1n) is 14.9. The summed E-state index contributed by atoms with van der Waals surface area (Å²) in [5, 5.41) is 3.86. The summed E-state index contributed by atoms with van der Waals surface area (Å²) in [7, 11) is -1.81. The molecule has 11 heteroatoms. The van der Waals surface area contributed by atoms with Gasteiger partial charge in [-0.3, -0.25) is 9.28 Å². The van der Waals surface area contributed by atoms with Crippen molar-refractivity contribution in [2.75, 3.05) is 20.2 Å². The third-order valence-corrected chi connectivity index (χ3v) is 10.0. The van der Waals surface area contributed by atoms with Gasteiger partial charge in [-0.15, -0.1) is 0 Å². The maximum absolute atomic E-state index is 13.4. The summed E-state index contributed by atoms with van der Waals surface area (Å²) >= 11 is 0. The van der Waals surface area contributed by atoms with Crippen molar-refractivity contribution in [2.24, 2.45) is 0 Å². The normalized spacial score (nSPS) is 22.5. The predicted molar refractivity (Wildman–Crippen MR) is 168 cm³/mol. The van der Waals surface area contributed by atoms with E-state index in [1.165, 1.54) is 0 Å². The number of nitrogens with one attached hydrogen (secondary N) is 3. The number of nitrogens with zero attached hydrogens (tertiary/aromatic N) is 1. The van der Waals surface area contributed by atoms with E-state index >= 15 is 0 Å². The second kappa shape index (κ2) is 11.6. The second-order valence-electron chi connectivity index (χ2n) is 13.2. The molecule has 43 heavy (non-hydrogen) atoms. The number of carbonyl (C=O) groups excluding carboxylic acids is 1. The summed E-state index contributed by atoms with van der Waals surface area (Å²) in [6, 6.07) is 10.5. The number of aromatic amines is 1. The number of amides is 1. The summed E-state index contributed by atoms with van der Waals surface area (Å²) in [6.07, 6.45) is 2.21. The average molecular weight is 612 g/mol. The topological polar surface area (TPSA) is 127 Å². The Balaban J connectivity index is 1.32. The van der Waals surface area contributed by atoms with Crippen LogP contribution >= 0.6 is 0 Å². The van der Waals surface area contributed by atoms with E-state index in [4.69, 9.17) is 9.47 Å². The summed E-state index contributed by atoms with van der Waals surface area (Å²) in [5.41, 5.74) is 3.80. The second-order valence-corrected chi connectivity index (χ2v) is 14.9. The Kier molecular flexibility index (Phi) is 8.36. The molecule has 232 valence electrons. The van der Waals surface area contributed by atoms with Gasteiger partial charge in [0, 0.05) is 24.2 Å². The molecule has 0 bridgehead atoms. The number of H-pyrrole nitrogens is 1. The molecule has 2 aliphatic rings. The van der Waals surface area contributed by atoms with Crippen molar-refractivity contribution >= 4 is 32.7 Å². The third-order valence-electron chi connectivity index (χ3n) is 8.53. The van der Waals surface area contributed by atoms with Gasteiger partial charge in [0.25, 0.3) is 5.56 Å². The standard InChI is InChI=1S/C32H42N4O6S/c1-20-10-11-22-16-23(30(37)34-29(22)21(20)2)19-36(6)14-15-41-28-18-26(12-13-27(28)36)43(39,40)35-25-9-7-8-24(17-25)33-31(38)42-32(3,4)5/h10-13,16,18,24-25,35H,7-9,14-15,17,19H2,1-6H3,(H-,33,34,37,38)/p+1. The number of alkyl carbamates (subject to hydrolysis) is 1. The van der Waals surface area contributed by atoms with Gasteiger partial charge in [-0.25, -0.2) is 17.9 Å². The first-order chi connectivity index (χ1) is 20.1. The van der Waals surface area contributed by atoms with Gasteiger partial charge in [-0.1, -0.05) is 12.1 Å². The zero-order valence-electron chi connectivity index (χ0n) is 25.9. The fraction of sp³-hybridized carbons (Fsp3) is 0.500. The molecule has 2 aromatic carbocycles. The molecule has 1 amide bonds. The molecule has 1 saturated carbocycles. The lowest BCUT2D eigenvalue weighted by Gasteiger charge is -2.38. The van der Waals surface area contributed by atoms with Crippen LogP contribution in [0.2, 0.25) is 0 Å². The number of pyridine rings is 1. The number of quaternary nitrogens is 1. The Morgan fingerprint density at radius 3 is 2.60 bits per heavy atom. The highest BCUT2D eigenvalue weighted by molar-refractivity contribution is 7.89. The number of aryl methyl sites for hydroxylation is 2. The fourth-order valence-corrected chi connectivity index (χ4v) is 7.42. The number of rotatable bonds is 6. The van der Waals surface area contributed by atoms with Gasteiger partial charge in [0.2, 0.25) is 10.0 Å². The van der Waals surface area contributed by atoms with Gasteiger partial charge in [-0.2, -0.15) is 0 Å². The van der Waals surface area contributed by atoms with E-state index in [1.807, 2.05) is 33.0 Å². The van der Waals surface area contributed by atoms with Gasteiger partial charge < -0.3 is 19.8 Å². The number of carbonyl (C=O) groups is 1. The Labute approximate surface area is 253 Å². The number of hydrogen-bond acceptors (Lipinski definition) is 6. The Morgan fingerprint density at radius 2 is 1.86 bits per heavy atom. The maximum Gasteiger partial charge on any atom is 0.407 e. The van der Waals surface area contributed by atoms with Crippen LogP contribution in [0.1, 0.15) is 63.1 Å². The van der Waals surface area contributed by atoms with Gasteiger partial charge in [0.1, 0.15) is 25.3 Å². The molecule has 2 heterocycles. The summed E-state index contributed by atoms with van der Waals surface area (Å²) in [6.45, 7) is 10.9. The van der Waals surface area contributed by atoms with Crippen molar-refractivity contribution in [3.8, 4) is 5.75 Å². The van der Waals surface area contributed by atoms with Crippen LogP contribution in [0.15, 0.2) is 46.1 Å². The molecule has 1 aromatic heterocycles. The van der Waals surface area contributed by atoms with E-state index < -0.39 is 21.7 Å². The van der Waals surface area contributed by atoms with E-state index in [1.54, 1.807) is 39.0 Å². The smallest absolute Gasteiger partial charge is 0.407 e. The minimum absolute atomic E-state index is 0.121. The highest BCUT2D eigenvalue weighted by Crippen LogP contribution is 2.39. The average Bonchev–Trinajstić information content (AvgIpc) is 2.90. The largest absolute Gasteiger partial charge is 0.481 e. The zero-order valence-corrected chi connectivity index (χ0v) is 26.7.